The molecule has 7 nitrogen and oxygen atoms in total. The van der Waals surface area contributed by atoms with Crippen LogP contribution in [-0.4, -0.2) is 26.5 Å². The fourth-order valence-electron chi connectivity index (χ4n) is 2.73. The van der Waals surface area contributed by atoms with Gasteiger partial charge in [-0.3, -0.25) is 14.2 Å². The molecule has 2 aromatic heterocycles. The molecule has 0 fully saturated rings. The van der Waals surface area contributed by atoms with E-state index in [9.17, 15) is 19.5 Å². The molecule has 0 aliphatic rings. The lowest BCUT2D eigenvalue weighted by atomic mass is 10.2. The molecule has 1 aromatic carbocycles. The third kappa shape index (κ3) is 4.04. The van der Waals surface area contributed by atoms with Gasteiger partial charge in [0.25, 0.3) is 5.56 Å². The monoisotopic (exact) mass is 439 g/mol. The molecule has 0 bridgehead atoms. The van der Waals surface area contributed by atoms with Gasteiger partial charge in [0, 0.05) is 16.8 Å². The summed E-state index contributed by atoms with van der Waals surface area (Å²) in [6.45, 7) is 1.61. The Bertz CT molecular complexity index is 1140. The third-order valence-electron chi connectivity index (χ3n) is 3.98. The summed E-state index contributed by atoms with van der Waals surface area (Å²) in [5, 5.41) is 14.0. The van der Waals surface area contributed by atoms with Gasteiger partial charge in [-0.2, -0.15) is 0 Å². The molecule has 0 unspecified atom stereocenters. The van der Waals surface area contributed by atoms with Crippen molar-refractivity contribution < 1.29 is 14.7 Å². The molecule has 1 amide bonds. The number of halogens is 2. The molecule has 28 heavy (non-hydrogen) atoms. The number of fused-ring (bicyclic) bond motifs is 1. The Morgan fingerprint density at radius 2 is 2.07 bits per heavy atom. The number of rotatable bonds is 6. The van der Waals surface area contributed by atoms with Gasteiger partial charge in [0.2, 0.25) is 5.91 Å². The largest absolute Gasteiger partial charge is 0.478 e. The van der Waals surface area contributed by atoms with Gasteiger partial charge in [0.15, 0.2) is 0 Å². The highest BCUT2D eigenvalue weighted by molar-refractivity contribution is 7.17. The second-order valence-electron chi connectivity index (χ2n) is 5.98. The zero-order valence-electron chi connectivity index (χ0n) is 14.7. The molecule has 2 heterocycles. The molecule has 3 rings (SSSR count). The molecular formula is C18H15Cl2N3O4S. The van der Waals surface area contributed by atoms with E-state index in [1.165, 1.54) is 16.0 Å². The molecule has 0 atom stereocenters. The third-order valence-corrected chi connectivity index (χ3v) is 5.40. The number of carbonyl (C=O) groups excluding carboxylic acids is 1. The van der Waals surface area contributed by atoms with Crippen molar-refractivity contribution in [3.05, 3.63) is 55.4 Å². The van der Waals surface area contributed by atoms with Crippen LogP contribution in [0.3, 0.4) is 0 Å². The summed E-state index contributed by atoms with van der Waals surface area (Å²) in [4.78, 5) is 41.6. The minimum absolute atomic E-state index is 0.00896. The van der Waals surface area contributed by atoms with Gasteiger partial charge in [-0.25, -0.2) is 9.78 Å². The second kappa shape index (κ2) is 8.30. The fraction of sp³-hybridized carbons (Fsp3) is 0.222. The molecule has 2 N–H and O–H groups in total. The van der Waals surface area contributed by atoms with Crippen molar-refractivity contribution >= 4 is 62.3 Å². The first-order chi connectivity index (χ1) is 13.3. The first-order valence-electron chi connectivity index (χ1n) is 8.31. The fourth-order valence-corrected chi connectivity index (χ4v) is 4.10. The van der Waals surface area contributed by atoms with Crippen LogP contribution in [0.1, 0.15) is 29.5 Å². The van der Waals surface area contributed by atoms with E-state index < -0.39 is 17.4 Å². The van der Waals surface area contributed by atoms with Crippen LogP contribution in [0.2, 0.25) is 10.0 Å². The summed E-state index contributed by atoms with van der Waals surface area (Å²) in [6.07, 6.45) is 1.18. The first-order valence-corrected chi connectivity index (χ1v) is 9.94. The average Bonchev–Trinajstić information content (AvgIpc) is 3.05. The maximum atomic E-state index is 13.0. The topological polar surface area (TPSA) is 101 Å². The average molecular weight is 440 g/mol. The number of aromatic carboxylic acids is 1. The highest BCUT2D eigenvalue weighted by atomic mass is 35.5. The highest BCUT2D eigenvalue weighted by Crippen LogP contribution is 2.25. The predicted octanol–water partition coefficient (Wildman–Crippen LogP) is 4.05. The molecule has 146 valence electrons. The second-order valence-corrected chi connectivity index (χ2v) is 7.68. The summed E-state index contributed by atoms with van der Waals surface area (Å²) < 4.78 is 1.21. The number of carbonyl (C=O) groups is 2. The molecule has 0 aliphatic heterocycles. The van der Waals surface area contributed by atoms with Crippen molar-refractivity contribution in [2.45, 2.75) is 26.3 Å². The van der Waals surface area contributed by atoms with Crippen molar-refractivity contribution in [3.63, 3.8) is 0 Å². The Labute approximate surface area is 173 Å². The molecule has 0 aliphatic carbocycles. The summed E-state index contributed by atoms with van der Waals surface area (Å²) in [6, 6.07) is 4.63. The summed E-state index contributed by atoms with van der Waals surface area (Å²) in [5.74, 6) is -1.27. The van der Waals surface area contributed by atoms with Crippen molar-refractivity contribution in [2.75, 3.05) is 5.32 Å². The van der Waals surface area contributed by atoms with Crippen LogP contribution in [0, 0.1) is 0 Å². The van der Waals surface area contributed by atoms with E-state index in [0.717, 1.165) is 11.3 Å². The van der Waals surface area contributed by atoms with Gasteiger partial charge in [-0.15, -0.1) is 11.3 Å². The minimum atomic E-state index is -1.21. The van der Waals surface area contributed by atoms with Crippen LogP contribution in [0.15, 0.2) is 28.4 Å². The van der Waals surface area contributed by atoms with Crippen molar-refractivity contribution in [3.8, 4) is 0 Å². The number of carboxylic acids is 1. The molecule has 0 spiro atoms. The Hall–Kier alpha value is -2.42. The van der Waals surface area contributed by atoms with E-state index in [1.807, 2.05) is 6.92 Å². The smallest absolute Gasteiger partial charge is 0.337 e. The van der Waals surface area contributed by atoms with Crippen LogP contribution in [0.5, 0.6) is 0 Å². The van der Waals surface area contributed by atoms with Gasteiger partial charge >= 0.3 is 5.97 Å². The number of amides is 1. The van der Waals surface area contributed by atoms with Crippen molar-refractivity contribution in [1.82, 2.24) is 9.55 Å². The number of benzene rings is 1. The van der Waals surface area contributed by atoms with E-state index >= 15 is 0 Å². The maximum absolute atomic E-state index is 13.0. The SMILES string of the molecule is CCCc1nc2scc(C(=O)O)c2c(=O)n1CC(=O)Nc1ccc(Cl)cc1Cl. The van der Waals surface area contributed by atoms with E-state index in [-0.39, 0.29) is 22.5 Å². The maximum Gasteiger partial charge on any atom is 0.337 e. The Morgan fingerprint density at radius 3 is 2.71 bits per heavy atom. The number of hydrogen-bond acceptors (Lipinski definition) is 5. The number of carboxylic acid groups (broad SMARTS) is 1. The van der Waals surface area contributed by atoms with Crippen LogP contribution in [0.25, 0.3) is 10.2 Å². The van der Waals surface area contributed by atoms with E-state index in [1.54, 1.807) is 12.1 Å². The first kappa shape index (κ1) is 20.3. The predicted molar refractivity (Wildman–Crippen MR) is 110 cm³/mol. The standard InChI is InChI=1S/C18H15Cl2N3O4S/c1-2-3-13-22-16-15(10(8-28-16)18(26)27)17(25)23(13)7-14(24)21-12-5-4-9(19)6-11(12)20/h4-6,8H,2-3,7H2,1H3,(H,21,24)(H,26,27). The lowest BCUT2D eigenvalue weighted by Gasteiger charge is -2.13. The summed E-state index contributed by atoms with van der Waals surface area (Å²) in [5.41, 5.74) is -0.308. The number of nitrogens with zero attached hydrogens (tertiary/aromatic N) is 2. The Kier molecular flexibility index (Phi) is 6.02. The van der Waals surface area contributed by atoms with Gasteiger partial charge in [-0.1, -0.05) is 30.1 Å². The molecule has 0 saturated carbocycles. The van der Waals surface area contributed by atoms with Crippen LogP contribution >= 0.6 is 34.5 Å². The van der Waals surface area contributed by atoms with Gasteiger partial charge in [0.1, 0.15) is 17.2 Å². The number of nitrogens with one attached hydrogen (secondary N) is 1. The zero-order valence-corrected chi connectivity index (χ0v) is 17.0. The van der Waals surface area contributed by atoms with Gasteiger partial charge in [0.05, 0.1) is 21.7 Å². The van der Waals surface area contributed by atoms with Crippen molar-refractivity contribution in [2.24, 2.45) is 0 Å². The van der Waals surface area contributed by atoms with Crippen molar-refractivity contribution in [1.29, 1.82) is 0 Å². The number of thiophene rings is 1. The molecule has 0 saturated heterocycles. The zero-order chi connectivity index (χ0) is 20.4. The molecule has 3 aromatic rings. The lowest BCUT2D eigenvalue weighted by Crippen LogP contribution is -2.31. The lowest BCUT2D eigenvalue weighted by molar-refractivity contribution is -0.116. The number of aryl methyl sites for hydroxylation is 1. The summed E-state index contributed by atoms with van der Waals surface area (Å²) in [7, 11) is 0. The van der Waals surface area contributed by atoms with Crippen LogP contribution in [-0.2, 0) is 17.8 Å². The molecule has 0 radical (unpaired) electrons. The number of hydrogen-bond donors (Lipinski definition) is 2. The van der Waals surface area contributed by atoms with Crippen LogP contribution in [0.4, 0.5) is 5.69 Å². The highest BCUT2D eigenvalue weighted by Gasteiger charge is 2.20. The van der Waals surface area contributed by atoms with E-state index in [0.29, 0.717) is 34.2 Å². The number of anilines is 1. The van der Waals surface area contributed by atoms with Gasteiger partial charge in [-0.05, 0) is 24.6 Å². The Balaban J connectivity index is 2.00. The number of aromatic nitrogens is 2. The Morgan fingerprint density at radius 1 is 1.32 bits per heavy atom. The van der Waals surface area contributed by atoms with E-state index in [2.05, 4.69) is 10.3 Å². The molecule has 10 heteroatoms. The minimum Gasteiger partial charge on any atom is -0.478 e. The van der Waals surface area contributed by atoms with Crippen LogP contribution < -0.4 is 10.9 Å². The van der Waals surface area contributed by atoms with Gasteiger partial charge < -0.3 is 10.4 Å². The summed E-state index contributed by atoms with van der Waals surface area (Å²) >= 11 is 13.0. The normalized spacial score (nSPS) is 11.0. The quantitative estimate of drug-likeness (QED) is 0.602. The van der Waals surface area contributed by atoms with E-state index in [4.69, 9.17) is 23.2 Å². The molecular weight excluding hydrogens is 425 g/mol.